The molecule has 0 radical (unpaired) electrons. The van der Waals surface area contributed by atoms with E-state index in [9.17, 15) is 4.79 Å². The van der Waals surface area contributed by atoms with Gasteiger partial charge >= 0.3 is 0 Å². The summed E-state index contributed by atoms with van der Waals surface area (Å²) in [5.41, 5.74) is 5.08. The Labute approximate surface area is 195 Å². The fourth-order valence-corrected chi connectivity index (χ4v) is 5.60. The highest BCUT2D eigenvalue weighted by Crippen LogP contribution is 2.29. The van der Waals surface area contributed by atoms with Crippen molar-refractivity contribution in [3.8, 4) is 10.4 Å². The predicted molar refractivity (Wildman–Crippen MR) is 129 cm³/mol. The van der Waals surface area contributed by atoms with E-state index in [2.05, 4.69) is 38.2 Å². The van der Waals surface area contributed by atoms with E-state index in [4.69, 9.17) is 0 Å². The standard InChI is InChI=1S/C24H23N5OS2/c1-29-8-5-20(6-9-29)32-24-12-16(4-7-26-24)22(30)13-19-11-18-10-17(23-14-25-15-31-23)2-3-21(18)28-27-19/h2-4,7,10-12,14-15,20H,5-6,8-9,13H2,1H3. The maximum absolute atomic E-state index is 13.0. The number of thiazole rings is 1. The normalized spacial score (nSPS) is 15.3. The summed E-state index contributed by atoms with van der Waals surface area (Å²) in [6.07, 6.45) is 6.11. The average Bonchev–Trinajstić information content (AvgIpc) is 3.35. The van der Waals surface area contributed by atoms with Gasteiger partial charge in [-0.1, -0.05) is 6.07 Å². The van der Waals surface area contributed by atoms with Crippen LogP contribution in [0.4, 0.5) is 0 Å². The van der Waals surface area contributed by atoms with Crippen molar-refractivity contribution >= 4 is 39.8 Å². The molecular weight excluding hydrogens is 438 g/mol. The SMILES string of the molecule is CN1CCC(Sc2cc(C(=O)Cc3cc4cc(-c5cncs5)ccc4nn3)ccn2)CC1. The van der Waals surface area contributed by atoms with Crippen molar-refractivity contribution < 1.29 is 4.79 Å². The molecule has 3 aromatic heterocycles. The number of ketones is 1. The lowest BCUT2D eigenvalue weighted by Crippen LogP contribution is -2.31. The van der Waals surface area contributed by atoms with Gasteiger partial charge in [-0.3, -0.25) is 9.78 Å². The quantitative estimate of drug-likeness (QED) is 0.383. The van der Waals surface area contributed by atoms with Crippen molar-refractivity contribution in [2.45, 2.75) is 29.5 Å². The molecule has 8 heteroatoms. The lowest BCUT2D eigenvalue weighted by molar-refractivity contribution is 0.0991. The van der Waals surface area contributed by atoms with Crippen LogP contribution in [0.5, 0.6) is 0 Å². The minimum absolute atomic E-state index is 0.0323. The number of piperidine rings is 1. The Morgan fingerprint density at radius 3 is 2.84 bits per heavy atom. The number of aromatic nitrogens is 4. The van der Waals surface area contributed by atoms with Gasteiger partial charge in [0.2, 0.25) is 0 Å². The summed E-state index contributed by atoms with van der Waals surface area (Å²) in [5, 5.41) is 11.1. The molecule has 1 fully saturated rings. The third kappa shape index (κ3) is 4.87. The van der Waals surface area contributed by atoms with Crippen LogP contribution in [-0.4, -0.2) is 56.2 Å². The number of carbonyl (C=O) groups is 1. The van der Waals surface area contributed by atoms with Crippen LogP contribution in [0.1, 0.15) is 28.9 Å². The molecule has 0 unspecified atom stereocenters. The van der Waals surface area contributed by atoms with E-state index >= 15 is 0 Å². The molecule has 0 bridgehead atoms. The molecule has 0 spiro atoms. The van der Waals surface area contributed by atoms with E-state index in [0.29, 0.717) is 16.5 Å². The van der Waals surface area contributed by atoms with E-state index in [1.54, 1.807) is 35.4 Å². The molecule has 1 aliphatic rings. The van der Waals surface area contributed by atoms with Crippen LogP contribution >= 0.6 is 23.1 Å². The molecule has 4 aromatic rings. The van der Waals surface area contributed by atoms with E-state index in [1.165, 1.54) is 0 Å². The molecule has 1 aromatic carbocycles. The average molecular weight is 462 g/mol. The molecule has 0 N–H and O–H groups in total. The Balaban J connectivity index is 1.31. The van der Waals surface area contributed by atoms with Gasteiger partial charge in [0.05, 0.1) is 33.0 Å². The summed E-state index contributed by atoms with van der Waals surface area (Å²) in [5.74, 6) is 0.0323. The number of thioether (sulfide) groups is 1. The van der Waals surface area contributed by atoms with Crippen molar-refractivity contribution in [3.63, 3.8) is 0 Å². The zero-order chi connectivity index (χ0) is 21.9. The molecule has 0 saturated carbocycles. The van der Waals surface area contributed by atoms with Gasteiger partial charge in [0.25, 0.3) is 0 Å². The van der Waals surface area contributed by atoms with Crippen LogP contribution in [0.2, 0.25) is 0 Å². The van der Waals surface area contributed by atoms with Crippen molar-refractivity contribution in [1.82, 2.24) is 25.1 Å². The second-order valence-electron chi connectivity index (χ2n) is 8.08. The van der Waals surface area contributed by atoms with E-state index in [1.807, 2.05) is 36.0 Å². The number of rotatable bonds is 6. The van der Waals surface area contributed by atoms with Gasteiger partial charge in [-0.15, -0.1) is 23.1 Å². The molecule has 32 heavy (non-hydrogen) atoms. The highest BCUT2D eigenvalue weighted by molar-refractivity contribution is 7.99. The van der Waals surface area contributed by atoms with Gasteiger partial charge in [-0.05, 0) is 68.9 Å². The van der Waals surface area contributed by atoms with Crippen LogP contribution < -0.4 is 0 Å². The van der Waals surface area contributed by atoms with Crippen LogP contribution in [0.25, 0.3) is 21.3 Å². The largest absolute Gasteiger partial charge is 0.306 e. The molecule has 0 atom stereocenters. The summed E-state index contributed by atoms with van der Waals surface area (Å²) in [4.78, 5) is 25.1. The Bertz CT molecular complexity index is 1240. The number of hydrogen-bond donors (Lipinski definition) is 0. The number of Topliss-reactive ketones (excluding diaryl/α,β-unsaturated/α-hetero) is 1. The van der Waals surface area contributed by atoms with E-state index < -0.39 is 0 Å². The second kappa shape index (κ2) is 9.44. The topological polar surface area (TPSA) is 71.9 Å². The highest BCUT2D eigenvalue weighted by atomic mass is 32.2. The van der Waals surface area contributed by atoms with E-state index in [0.717, 1.165) is 52.3 Å². The number of carbonyl (C=O) groups excluding carboxylic acids is 1. The van der Waals surface area contributed by atoms with Gasteiger partial charge in [-0.2, -0.15) is 10.2 Å². The van der Waals surface area contributed by atoms with Crippen molar-refractivity contribution in [2.75, 3.05) is 20.1 Å². The first kappa shape index (κ1) is 21.2. The molecule has 5 rings (SSSR count). The number of nitrogens with zero attached hydrogens (tertiary/aromatic N) is 5. The summed E-state index contributed by atoms with van der Waals surface area (Å²) in [6.45, 7) is 2.23. The van der Waals surface area contributed by atoms with Crippen molar-refractivity contribution in [2.24, 2.45) is 0 Å². The van der Waals surface area contributed by atoms with Crippen LogP contribution in [0.15, 0.2) is 59.3 Å². The molecule has 4 heterocycles. The van der Waals surface area contributed by atoms with Crippen LogP contribution in [0, 0.1) is 0 Å². The van der Waals surface area contributed by atoms with Crippen molar-refractivity contribution in [1.29, 1.82) is 0 Å². The number of hydrogen-bond acceptors (Lipinski definition) is 8. The Hall–Kier alpha value is -2.68. The summed E-state index contributed by atoms with van der Waals surface area (Å²) >= 11 is 3.38. The Kier molecular flexibility index (Phi) is 6.25. The lowest BCUT2D eigenvalue weighted by Gasteiger charge is -2.28. The van der Waals surface area contributed by atoms with Crippen molar-refractivity contribution in [3.05, 3.63) is 65.6 Å². The smallest absolute Gasteiger partial charge is 0.169 e. The lowest BCUT2D eigenvalue weighted by atomic mass is 10.1. The maximum Gasteiger partial charge on any atom is 0.169 e. The molecule has 0 amide bonds. The third-order valence-corrected chi connectivity index (χ3v) is 7.80. The molecule has 6 nitrogen and oxygen atoms in total. The van der Waals surface area contributed by atoms with Gasteiger partial charge in [0.1, 0.15) is 0 Å². The second-order valence-corrected chi connectivity index (χ2v) is 10.3. The first-order valence-electron chi connectivity index (χ1n) is 10.6. The summed E-state index contributed by atoms with van der Waals surface area (Å²) in [6, 6.07) is 11.7. The van der Waals surface area contributed by atoms with Crippen LogP contribution in [0.3, 0.4) is 0 Å². The van der Waals surface area contributed by atoms with Gasteiger partial charge < -0.3 is 4.90 Å². The third-order valence-electron chi connectivity index (χ3n) is 5.70. The molecule has 1 saturated heterocycles. The van der Waals surface area contributed by atoms with Gasteiger partial charge in [0, 0.05) is 28.6 Å². The molecular formula is C24H23N5OS2. The fraction of sp³-hybridized carbons (Fsp3) is 0.292. The Morgan fingerprint density at radius 1 is 1.16 bits per heavy atom. The van der Waals surface area contributed by atoms with Gasteiger partial charge in [0.15, 0.2) is 5.78 Å². The number of fused-ring (bicyclic) bond motifs is 1. The summed E-state index contributed by atoms with van der Waals surface area (Å²) in [7, 11) is 2.16. The Morgan fingerprint density at radius 2 is 2.03 bits per heavy atom. The molecule has 1 aliphatic heterocycles. The minimum Gasteiger partial charge on any atom is -0.306 e. The zero-order valence-corrected chi connectivity index (χ0v) is 19.4. The fourth-order valence-electron chi connectivity index (χ4n) is 3.87. The first-order valence-corrected chi connectivity index (χ1v) is 12.4. The zero-order valence-electron chi connectivity index (χ0n) is 17.8. The van der Waals surface area contributed by atoms with E-state index in [-0.39, 0.29) is 12.2 Å². The molecule has 162 valence electrons. The minimum atomic E-state index is 0.0323. The molecule has 0 aliphatic carbocycles. The number of pyridine rings is 1. The van der Waals surface area contributed by atoms with Gasteiger partial charge in [-0.25, -0.2) is 4.98 Å². The highest BCUT2D eigenvalue weighted by Gasteiger charge is 2.19. The number of likely N-dealkylation sites (tertiary alicyclic amines) is 1. The monoisotopic (exact) mass is 461 g/mol. The maximum atomic E-state index is 13.0. The predicted octanol–water partition coefficient (Wildman–Crippen LogP) is 4.76. The summed E-state index contributed by atoms with van der Waals surface area (Å²) < 4.78 is 0. The number of benzene rings is 1. The van der Waals surface area contributed by atoms with Crippen LogP contribution in [-0.2, 0) is 6.42 Å². The first-order chi connectivity index (χ1) is 15.6.